The summed E-state index contributed by atoms with van der Waals surface area (Å²) in [4.78, 5) is 16.8. The summed E-state index contributed by atoms with van der Waals surface area (Å²) in [6, 6.07) is 6.30. The minimum atomic E-state index is -3.70. The minimum absolute atomic E-state index is 0.279. The van der Waals surface area contributed by atoms with Crippen LogP contribution in [0.15, 0.2) is 18.2 Å². The van der Waals surface area contributed by atoms with E-state index in [4.69, 9.17) is 4.18 Å². The van der Waals surface area contributed by atoms with Crippen LogP contribution in [0.5, 0.6) is 5.75 Å². The molecule has 2 heterocycles. The Kier molecular flexibility index (Phi) is 9.44. The Morgan fingerprint density at radius 1 is 1.06 bits per heavy atom. The number of nitrogens with zero attached hydrogens (tertiary/aromatic N) is 3. The molecule has 1 aliphatic carbocycles. The average molecular weight is 507 g/mol. The number of hydrogen-bond donors (Lipinski definition) is 1. The third-order valence-electron chi connectivity index (χ3n) is 7.54. The smallest absolute Gasteiger partial charge is 0.371 e. The van der Waals surface area contributed by atoms with Crippen molar-refractivity contribution in [3.63, 3.8) is 0 Å². The van der Waals surface area contributed by atoms with E-state index in [0.717, 1.165) is 90.6 Å². The molecule has 2 aliphatic heterocycles. The number of nitrogens with one attached hydrogen (secondary N) is 1. The van der Waals surface area contributed by atoms with Gasteiger partial charge in [-0.3, -0.25) is 4.79 Å². The number of fused-ring (bicyclic) bond motifs is 1. The fourth-order valence-electron chi connectivity index (χ4n) is 5.60. The van der Waals surface area contributed by atoms with Gasteiger partial charge in [-0.25, -0.2) is 0 Å². The highest BCUT2D eigenvalue weighted by Crippen LogP contribution is 2.29. The van der Waals surface area contributed by atoms with Gasteiger partial charge in [-0.1, -0.05) is 13.0 Å². The molecule has 1 aromatic rings. The number of hydrogen-bond acceptors (Lipinski definition) is 6. The topological polar surface area (TPSA) is 82.2 Å². The van der Waals surface area contributed by atoms with Gasteiger partial charge in [0.15, 0.2) is 0 Å². The molecular weight excluding hydrogens is 464 g/mol. The second-order valence-corrected chi connectivity index (χ2v) is 11.6. The molecule has 1 aromatic carbocycles. The average Bonchev–Trinajstić information content (AvgIpc) is 3.32. The fraction of sp³-hybridized carbons (Fsp3) is 0.731. The second-order valence-electron chi connectivity index (χ2n) is 10.1. The molecule has 3 aliphatic rings. The van der Waals surface area contributed by atoms with E-state index >= 15 is 0 Å². The number of aryl methyl sites for hydroxylation is 1. The van der Waals surface area contributed by atoms with Crippen LogP contribution >= 0.6 is 0 Å². The number of unbranched alkanes of at least 4 members (excludes halogenated alkanes) is 1. The van der Waals surface area contributed by atoms with Crippen molar-refractivity contribution in [2.75, 3.05) is 52.4 Å². The first-order chi connectivity index (χ1) is 17.0. The van der Waals surface area contributed by atoms with Gasteiger partial charge in [0.25, 0.3) is 0 Å². The van der Waals surface area contributed by atoms with E-state index in [9.17, 15) is 13.2 Å². The molecule has 1 amide bonds. The third-order valence-corrected chi connectivity index (χ3v) is 8.94. The maximum atomic E-state index is 12.5. The van der Waals surface area contributed by atoms with Crippen LogP contribution in [0.4, 0.5) is 0 Å². The predicted octanol–water partition coefficient (Wildman–Crippen LogP) is 2.58. The van der Waals surface area contributed by atoms with Crippen LogP contribution < -0.4 is 9.50 Å². The summed E-state index contributed by atoms with van der Waals surface area (Å²) in [5.74, 6) is 0.707. The quantitative estimate of drug-likeness (QED) is 0.465. The Morgan fingerprint density at radius 2 is 1.89 bits per heavy atom. The molecule has 35 heavy (non-hydrogen) atoms. The Labute approximate surface area is 211 Å². The molecule has 1 atom stereocenters. The first-order valence-corrected chi connectivity index (χ1v) is 14.9. The number of amides is 1. The second kappa shape index (κ2) is 12.5. The Morgan fingerprint density at radius 3 is 2.69 bits per heavy atom. The standard InChI is InChI=1S/C26H42N4O4S/c1-2-14-28(15-3-4-16-29-19-13-27-12-11-26(29)31)24-9-7-23-21-25(10-8-22(23)20-24)34-35(32,33)30-17-5-6-18-30/h8,10,21,24,27H,2-7,9,11-20H2,1H3. The van der Waals surface area contributed by atoms with Gasteiger partial charge in [-0.05, 0) is 87.7 Å². The largest absolute Gasteiger partial charge is 0.385 e. The molecule has 196 valence electrons. The molecule has 0 spiro atoms. The first kappa shape index (κ1) is 26.4. The van der Waals surface area contributed by atoms with E-state index in [-0.39, 0.29) is 5.91 Å². The predicted molar refractivity (Wildman–Crippen MR) is 138 cm³/mol. The monoisotopic (exact) mass is 506 g/mol. The zero-order valence-electron chi connectivity index (χ0n) is 21.2. The lowest BCUT2D eigenvalue weighted by molar-refractivity contribution is -0.130. The van der Waals surface area contributed by atoms with Crippen LogP contribution in [0.1, 0.15) is 63.0 Å². The van der Waals surface area contributed by atoms with Crippen molar-refractivity contribution in [3.8, 4) is 5.75 Å². The summed E-state index contributed by atoms with van der Waals surface area (Å²) >= 11 is 0. The third kappa shape index (κ3) is 7.18. The zero-order valence-corrected chi connectivity index (χ0v) is 22.0. The highest BCUT2D eigenvalue weighted by atomic mass is 32.2. The van der Waals surface area contributed by atoms with Crippen LogP contribution in [0.2, 0.25) is 0 Å². The summed E-state index contributed by atoms with van der Waals surface area (Å²) in [5.41, 5.74) is 2.51. The van der Waals surface area contributed by atoms with Crippen molar-refractivity contribution in [1.82, 2.24) is 19.4 Å². The van der Waals surface area contributed by atoms with Crippen molar-refractivity contribution in [2.45, 2.75) is 70.8 Å². The maximum Gasteiger partial charge on any atom is 0.385 e. The molecule has 2 fully saturated rings. The van der Waals surface area contributed by atoms with E-state index in [2.05, 4.69) is 23.2 Å². The SMILES string of the molecule is CCCN(CCCCN1CCNCCC1=O)C1CCc2cc(OS(=O)(=O)N3CCCC3)ccc2C1. The van der Waals surface area contributed by atoms with Crippen LogP contribution in [0, 0.1) is 0 Å². The van der Waals surface area contributed by atoms with Gasteiger partial charge in [0.2, 0.25) is 5.91 Å². The molecular formula is C26H42N4O4S. The van der Waals surface area contributed by atoms with E-state index in [0.29, 0.717) is 31.3 Å². The molecule has 8 nitrogen and oxygen atoms in total. The van der Waals surface area contributed by atoms with Crippen molar-refractivity contribution in [1.29, 1.82) is 0 Å². The van der Waals surface area contributed by atoms with Crippen molar-refractivity contribution in [3.05, 3.63) is 29.3 Å². The number of rotatable bonds is 11. The lowest BCUT2D eigenvalue weighted by Crippen LogP contribution is -2.41. The highest BCUT2D eigenvalue weighted by molar-refractivity contribution is 7.84. The van der Waals surface area contributed by atoms with Crippen molar-refractivity contribution >= 4 is 16.2 Å². The Hall–Kier alpha value is -1.68. The maximum absolute atomic E-state index is 12.5. The van der Waals surface area contributed by atoms with Gasteiger partial charge >= 0.3 is 10.3 Å². The summed E-state index contributed by atoms with van der Waals surface area (Å²) in [6.07, 6.45) is 8.68. The van der Waals surface area contributed by atoms with Gasteiger partial charge < -0.3 is 19.3 Å². The van der Waals surface area contributed by atoms with Crippen molar-refractivity contribution in [2.24, 2.45) is 0 Å². The van der Waals surface area contributed by atoms with Crippen LogP contribution in [0.25, 0.3) is 0 Å². The van der Waals surface area contributed by atoms with Crippen LogP contribution in [-0.4, -0.2) is 86.8 Å². The summed E-state index contributed by atoms with van der Waals surface area (Å²) < 4.78 is 31.9. The van der Waals surface area contributed by atoms with E-state index < -0.39 is 10.3 Å². The van der Waals surface area contributed by atoms with E-state index in [1.165, 1.54) is 15.4 Å². The van der Waals surface area contributed by atoms with Crippen LogP contribution in [0.3, 0.4) is 0 Å². The van der Waals surface area contributed by atoms with Crippen molar-refractivity contribution < 1.29 is 17.4 Å². The fourth-order valence-corrected chi connectivity index (χ4v) is 6.75. The Bertz CT molecular complexity index is 949. The molecule has 1 unspecified atom stereocenters. The highest BCUT2D eigenvalue weighted by Gasteiger charge is 2.29. The van der Waals surface area contributed by atoms with Crippen LogP contribution in [-0.2, 0) is 27.9 Å². The van der Waals surface area contributed by atoms with E-state index in [1.807, 2.05) is 17.0 Å². The zero-order chi connectivity index (χ0) is 24.7. The number of benzene rings is 1. The normalized spacial score (nSPS) is 21.8. The number of carbonyl (C=O) groups excluding carboxylic acids is 1. The summed E-state index contributed by atoms with van der Waals surface area (Å²) in [5, 5.41) is 3.30. The molecule has 0 aromatic heterocycles. The number of carbonyl (C=O) groups is 1. The van der Waals surface area contributed by atoms with Gasteiger partial charge in [0, 0.05) is 51.7 Å². The molecule has 0 saturated carbocycles. The lowest BCUT2D eigenvalue weighted by Gasteiger charge is -2.35. The van der Waals surface area contributed by atoms with Gasteiger partial charge in [-0.15, -0.1) is 0 Å². The molecule has 0 radical (unpaired) electrons. The van der Waals surface area contributed by atoms with Gasteiger partial charge in [0.1, 0.15) is 5.75 Å². The molecule has 1 N–H and O–H groups in total. The molecule has 4 rings (SSSR count). The first-order valence-electron chi connectivity index (χ1n) is 13.5. The Balaban J connectivity index is 1.29. The molecule has 2 saturated heterocycles. The lowest BCUT2D eigenvalue weighted by atomic mass is 9.87. The molecule has 9 heteroatoms. The molecule has 0 bridgehead atoms. The van der Waals surface area contributed by atoms with Gasteiger partial charge in [0.05, 0.1) is 0 Å². The summed E-state index contributed by atoms with van der Waals surface area (Å²) in [6.45, 7) is 8.85. The van der Waals surface area contributed by atoms with Gasteiger partial charge in [-0.2, -0.15) is 12.7 Å². The summed E-state index contributed by atoms with van der Waals surface area (Å²) in [7, 11) is -3.70. The van der Waals surface area contributed by atoms with E-state index in [1.54, 1.807) is 0 Å². The minimum Gasteiger partial charge on any atom is -0.371 e.